The molecule has 2 heterocycles. The second-order valence-corrected chi connectivity index (χ2v) is 9.28. The van der Waals surface area contributed by atoms with Crippen LogP contribution in [0.4, 0.5) is 11.4 Å². The molecule has 0 aliphatic carbocycles. The van der Waals surface area contributed by atoms with Crippen LogP contribution in [-0.2, 0) is 14.4 Å². The van der Waals surface area contributed by atoms with Crippen LogP contribution in [0, 0.1) is 0 Å². The van der Waals surface area contributed by atoms with Crippen molar-refractivity contribution in [1.29, 1.82) is 0 Å². The Labute approximate surface area is 216 Å². The van der Waals surface area contributed by atoms with E-state index < -0.39 is 6.04 Å². The molecule has 2 fully saturated rings. The van der Waals surface area contributed by atoms with E-state index in [1.54, 1.807) is 29.2 Å². The van der Waals surface area contributed by atoms with E-state index in [0.29, 0.717) is 36.2 Å². The van der Waals surface area contributed by atoms with Gasteiger partial charge >= 0.3 is 0 Å². The van der Waals surface area contributed by atoms with E-state index >= 15 is 0 Å². The first kappa shape index (κ1) is 25.8. The number of ether oxygens (including phenoxy) is 1. The van der Waals surface area contributed by atoms with Gasteiger partial charge in [0.05, 0.1) is 19.6 Å². The molecular formula is C26H32ClN5O4. The molecule has 1 unspecified atom stereocenters. The van der Waals surface area contributed by atoms with Crippen LogP contribution in [0.15, 0.2) is 48.5 Å². The Morgan fingerprint density at radius 2 is 1.83 bits per heavy atom. The summed E-state index contributed by atoms with van der Waals surface area (Å²) in [6, 6.07) is 14.0. The van der Waals surface area contributed by atoms with Crippen molar-refractivity contribution in [2.75, 3.05) is 62.6 Å². The monoisotopic (exact) mass is 513 g/mol. The van der Waals surface area contributed by atoms with Gasteiger partial charge in [-0.25, -0.2) is 0 Å². The molecule has 36 heavy (non-hydrogen) atoms. The fraction of sp³-hybridized carbons (Fsp3) is 0.423. The first-order chi connectivity index (χ1) is 17.4. The number of halogens is 1. The van der Waals surface area contributed by atoms with Crippen molar-refractivity contribution < 1.29 is 19.1 Å². The highest BCUT2D eigenvalue weighted by Gasteiger charge is 2.35. The van der Waals surface area contributed by atoms with Gasteiger partial charge in [0.25, 0.3) is 0 Å². The van der Waals surface area contributed by atoms with Gasteiger partial charge in [0, 0.05) is 55.7 Å². The summed E-state index contributed by atoms with van der Waals surface area (Å²) in [5, 5.41) is 6.29. The molecule has 2 saturated heterocycles. The Kier molecular flexibility index (Phi) is 8.66. The van der Waals surface area contributed by atoms with Crippen molar-refractivity contribution in [2.45, 2.75) is 19.4 Å². The molecule has 0 aromatic heterocycles. The number of nitrogens with one attached hydrogen (secondary N) is 2. The second kappa shape index (κ2) is 12.1. The second-order valence-electron chi connectivity index (χ2n) is 8.85. The Morgan fingerprint density at radius 1 is 1.08 bits per heavy atom. The number of anilines is 2. The highest BCUT2D eigenvalue weighted by molar-refractivity contribution is 6.30. The largest absolute Gasteiger partial charge is 0.494 e. The fourth-order valence-corrected chi connectivity index (χ4v) is 4.71. The van der Waals surface area contributed by atoms with E-state index in [2.05, 4.69) is 20.4 Å². The minimum atomic E-state index is -0.832. The quantitative estimate of drug-likeness (QED) is 0.562. The lowest BCUT2D eigenvalue weighted by atomic mass is 10.1. The van der Waals surface area contributed by atoms with Crippen molar-refractivity contribution in [3.8, 4) is 5.75 Å². The lowest BCUT2D eigenvalue weighted by Gasteiger charge is -2.39. The highest BCUT2D eigenvalue weighted by Crippen LogP contribution is 2.21. The molecule has 0 radical (unpaired) electrons. The number of piperazine rings is 2. The van der Waals surface area contributed by atoms with Crippen molar-refractivity contribution in [1.82, 2.24) is 15.1 Å². The van der Waals surface area contributed by atoms with Crippen molar-refractivity contribution in [2.24, 2.45) is 0 Å². The summed E-state index contributed by atoms with van der Waals surface area (Å²) < 4.78 is 5.42. The molecule has 9 nitrogen and oxygen atoms in total. The SMILES string of the molecule is CCOc1ccc(NC(=O)CC2C(=O)NCCN2C(=O)CN2CCN(c3cccc(Cl)c3)CC2)cc1. The fourth-order valence-electron chi connectivity index (χ4n) is 4.52. The standard InChI is InChI=1S/C26H32ClN5O4/c1-2-36-22-8-6-20(7-9-22)29-24(33)17-23-26(35)28-10-11-32(23)25(34)18-30-12-14-31(15-13-30)21-5-3-4-19(27)16-21/h3-9,16,23H,2,10-15,17-18H2,1H3,(H,28,35)(H,29,33). The van der Waals surface area contributed by atoms with Gasteiger partial charge in [-0.15, -0.1) is 0 Å². The van der Waals surface area contributed by atoms with Crippen molar-refractivity contribution >= 4 is 40.7 Å². The van der Waals surface area contributed by atoms with Crippen molar-refractivity contribution in [3.63, 3.8) is 0 Å². The molecule has 3 amide bonds. The topological polar surface area (TPSA) is 94.2 Å². The first-order valence-electron chi connectivity index (χ1n) is 12.3. The van der Waals surface area contributed by atoms with Crippen LogP contribution in [-0.4, -0.2) is 86.0 Å². The predicted octanol–water partition coefficient (Wildman–Crippen LogP) is 2.22. The molecule has 10 heteroatoms. The maximum Gasteiger partial charge on any atom is 0.243 e. The molecule has 4 rings (SSSR count). The maximum atomic E-state index is 13.2. The average Bonchev–Trinajstić information content (AvgIpc) is 2.87. The summed E-state index contributed by atoms with van der Waals surface area (Å²) in [6.07, 6.45) is -0.104. The third-order valence-electron chi connectivity index (χ3n) is 6.38. The lowest BCUT2D eigenvalue weighted by Crippen LogP contribution is -2.60. The van der Waals surface area contributed by atoms with Crippen LogP contribution in [0.2, 0.25) is 5.02 Å². The molecule has 2 N–H and O–H groups in total. The zero-order valence-electron chi connectivity index (χ0n) is 20.4. The van der Waals surface area contributed by atoms with Gasteiger partial charge in [0.2, 0.25) is 17.7 Å². The highest BCUT2D eigenvalue weighted by atomic mass is 35.5. The van der Waals surface area contributed by atoms with Gasteiger partial charge in [0.1, 0.15) is 11.8 Å². The smallest absolute Gasteiger partial charge is 0.243 e. The minimum Gasteiger partial charge on any atom is -0.494 e. The summed E-state index contributed by atoms with van der Waals surface area (Å²) in [7, 11) is 0. The number of rotatable bonds is 8. The molecule has 2 aromatic rings. The normalized spacial score (nSPS) is 18.5. The zero-order valence-corrected chi connectivity index (χ0v) is 21.2. The van der Waals surface area contributed by atoms with E-state index in [1.165, 1.54) is 0 Å². The van der Waals surface area contributed by atoms with Crippen LogP contribution in [0.3, 0.4) is 0 Å². The number of carbonyl (C=O) groups excluding carboxylic acids is 3. The number of hydrogen-bond acceptors (Lipinski definition) is 6. The third-order valence-corrected chi connectivity index (χ3v) is 6.62. The molecule has 192 valence electrons. The van der Waals surface area contributed by atoms with Crippen LogP contribution in [0.25, 0.3) is 0 Å². The Morgan fingerprint density at radius 3 is 2.53 bits per heavy atom. The zero-order chi connectivity index (χ0) is 25.5. The molecule has 0 saturated carbocycles. The lowest BCUT2D eigenvalue weighted by molar-refractivity contribution is -0.145. The van der Waals surface area contributed by atoms with Crippen LogP contribution >= 0.6 is 11.6 Å². The van der Waals surface area contributed by atoms with Crippen LogP contribution < -0.4 is 20.3 Å². The van der Waals surface area contributed by atoms with Crippen molar-refractivity contribution in [3.05, 3.63) is 53.6 Å². The van der Waals surface area contributed by atoms with Gasteiger partial charge in [-0.05, 0) is 49.4 Å². The van der Waals surface area contributed by atoms with Gasteiger partial charge in [-0.3, -0.25) is 19.3 Å². The van der Waals surface area contributed by atoms with Gasteiger partial charge < -0.3 is 25.2 Å². The summed E-state index contributed by atoms with van der Waals surface area (Å²) in [5.74, 6) is -0.0522. The van der Waals surface area contributed by atoms with Gasteiger partial charge in [-0.2, -0.15) is 0 Å². The molecule has 0 spiro atoms. The number of amides is 3. The molecule has 2 aliphatic heterocycles. The summed E-state index contributed by atoms with van der Waals surface area (Å²) >= 11 is 6.12. The molecule has 1 atom stereocenters. The van der Waals surface area contributed by atoms with E-state index in [1.807, 2.05) is 31.2 Å². The number of carbonyl (C=O) groups is 3. The van der Waals surface area contributed by atoms with E-state index in [4.69, 9.17) is 16.3 Å². The van der Waals surface area contributed by atoms with E-state index in [0.717, 1.165) is 31.9 Å². The summed E-state index contributed by atoms with van der Waals surface area (Å²) in [5.41, 5.74) is 1.68. The molecular weight excluding hydrogens is 482 g/mol. The van der Waals surface area contributed by atoms with E-state index in [9.17, 15) is 14.4 Å². The van der Waals surface area contributed by atoms with Gasteiger partial charge in [-0.1, -0.05) is 17.7 Å². The Hall–Kier alpha value is -3.30. The molecule has 2 aliphatic rings. The van der Waals surface area contributed by atoms with Crippen LogP contribution in [0.5, 0.6) is 5.75 Å². The first-order valence-corrected chi connectivity index (χ1v) is 12.6. The predicted molar refractivity (Wildman–Crippen MR) is 139 cm³/mol. The maximum absolute atomic E-state index is 13.2. The van der Waals surface area contributed by atoms with Gasteiger partial charge in [0.15, 0.2) is 0 Å². The molecule has 2 aromatic carbocycles. The number of benzene rings is 2. The summed E-state index contributed by atoms with van der Waals surface area (Å²) in [4.78, 5) is 44.4. The third kappa shape index (κ3) is 6.67. The van der Waals surface area contributed by atoms with E-state index in [-0.39, 0.29) is 30.7 Å². The minimum absolute atomic E-state index is 0.104. The molecule has 0 bridgehead atoms. The van der Waals surface area contributed by atoms with Crippen LogP contribution in [0.1, 0.15) is 13.3 Å². The Balaban J connectivity index is 1.31. The average molecular weight is 514 g/mol. The Bertz CT molecular complexity index is 1070. The number of nitrogens with zero attached hydrogens (tertiary/aromatic N) is 3. The summed E-state index contributed by atoms with van der Waals surface area (Å²) in [6.45, 7) is 6.45. The number of hydrogen-bond donors (Lipinski definition) is 2.